The van der Waals surface area contributed by atoms with E-state index >= 15 is 0 Å². The third-order valence-corrected chi connectivity index (χ3v) is 2.27. The molecule has 0 atom stereocenters. The number of thiol groups is 1. The Labute approximate surface area is 103 Å². The third kappa shape index (κ3) is 4.26. The number of carbonyl (C=O) groups is 1. The lowest BCUT2D eigenvalue weighted by Gasteiger charge is -2.05. The Hall–Kier alpha value is -1.23. The van der Waals surface area contributed by atoms with Gasteiger partial charge in [0.2, 0.25) is 0 Å². The van der Waals surface area contributed by atoms with Crippen LogP contribution < -0.4 is 0 Å². The molecule has 1 aromatic rings. The molecule has 1 aromatic carbocycles. The first-order chi connectivity index (χ1) is 7.95. The topological polar surface area (TPSA) is 17.1 Å². The van der Waals surface area contributed by atoms with Crippen molar-refractivity contribution in [1.82, 2.24) is 0 Å². The van der Waals surface area contributed by atoms with Gasteiger partial charge in [0.05, 0.1) is 0 Å². The van der Waals surface area contributed by atoms with Crippen LogP contribution in [-0.4, -0.2) is 17.7 Å². The Kier molecular flexibility index (Phi) is 4.81. The molecule has 17 heavy (non-hydrogen) atoms. The highest BCUT2D eigenvalue weighted by Crippen LogP contribution is 2.22. The van der Waals surface area contributed by atoms with E-state index in [0.717, 1.165) is 12.5 Å². The van der Waals surface area contributed by atoms with E-state index in [1.54, 1.807) is 18.2 Å². The molecule has 0 aliphatic rings. The predicted octanol–water partition coefficient (Wildman–Crippen LogP) is 3.76. The fourth-order valence-electron chi connectivity index (χ4n) is 1.24. The Morgan fingerprint density at radius 3 is 2.65 bits per heavy atom. The number of halogens is 3. The summed E-state index contributed by atoms with van der Waals surface area (Å²) in [5, 5.41) is 0. The van der Waals surface area contributed by atoms with E-state index in [2.05, 4.69) is 12.6 Å². The van der Waals surface area contributed by atoms with Gasteiger partial charge in [-0.15, -0.1) is 0 Å². The van der Waals surface area contributed by atoms with Gasteiger partial charge in [0.25, 0.3) is 5.78 Å². The van der Waals surface area contributed by atoms with E-state index in [0.29, 0.717) is 11.3 Å². The fourth-order valence-corrected chi connectivity index (χ4v) is 1.39. The van der Waals surface area contributed by atoms with Crippen molar-refractivity contribution < 1.29 is 18.0 Å². The van der Waals surface area contributed by atoms with Crippen molar-refractivity contribution in [2.75, 3.05) is 5.75 Å². The quantitative estimate of drug-likeness (QED) is 0.644. The number of hydrogen-bond donors (Lipinski definition) is 1. The first-order valence-corrected chi connectivity index (χ1v) is 5.57. The van der Waals surface area contributed by atoms with Gasteiger partial charge < -0.3 is 0 Å². The number of carbonyl (C=O) groups excluding carboxylic acids is 1. The van der Waals surface area contributed by atoms with Gasteiger partial charge in [-0.25, -0.2) is 0 Å². The molecular weight excluding hydrogens is 249 g/mol. The van der Waals surface area contributed by atoms with E-state index in [1.807, 2.05) is 0 Å². The summed E-state index contributed by atoms with van der Waals surface area (Å²) in [6, 6.07) is 5.46. The van der Waals surface area contributed by atoms with Gasteiger partial charge in [-0.05, 0) is 23.8 Å². The van der Waals surface area contributed by atoms with Crippen molar-refractivity contribution in [2.45, 2.75) is 12.6 Å². The van der Waals surface area contributed by atoms with Gasteiger partial charge in [0.15, 0.2) is 0 Å². The van der Waals surface area contributed by atoms with E-state index in [9.17, 15) is 18.0 Å². The molecule has 0 fully saturated rings. The van der Waals surface area contributed by atoms with Crippen LogP contribution in [0, 0.1) is 0 Å². The Balaban J connectivity index is 2.90. The zero-order valence-corrected chi connectivity index (χ0v) is 9.76. The lowest BCUT2D eigenvalue weighted by molar-refractivity contribution is -0.0885. The number of hydrogen-bond acceptors (Lipinski definition) is 2. The summed E-state index contributed by atoms with van der Waals surface area (Å²) < 4.78 is 36.6. The van der Waals surface area contributed by atoms with Gasteiger partial charge in [-0.3, -0.25) is 4.79 Å². The van der Waals surface area contributed by atoms with Crippen LogP contribution in [0.2, 0.25) is 0 Å². The average Bonchev–Trinajstić information content (AvgIpc) is 2.28. The maximum atomic E-state index is 12.2. The van der Waals surface area contributed by atoms with Crippen molar-refractivity contribution in [3.63, 3.8) is 0 Å². The molecule has 0 spiro atoms. The molecule has 0 aliphatic carbocycles. The highest BCUT2D eigenvalue weighted by molar-refractivity contribution is 7.80. The molecule has 0 unspecified atom stereocenters. The van der Waals surface area contributed by atoms with Crippen LogP contribution in [0.1, 0.15) is 22.3 Å². The summed E-state index contributed by atoms with van der Waals surface area (Å²) in [4.78, 5) is 11.0. The highest BCUT2D eigenvalue weighted by atomic mass is 32.1. The van der Waals surface area contributed by atoms with E-state index in [-0.39, 0.29) is 5.56 Å². The first-order valence-electron chi connectivity index (χ1n) is 4.94. The van der Waals surface area contributed by atoms with Crippen LogP contribution in [-0.2, 0) is 0 Å². The summed E-state index contributed by atoms with van der Waals surface area (Å²) in [6.45, 7) is 0. The number of rotatable bonds is 4. The van der Waals surface area contributed by atoms with Crippen LogP contribution in [0.15, 0.2) is 30.3 Å². The molecule has 5 heteroatoms. The molecule has 0 saturated carbocycles. The van der Waals surface area contributed by atoms with Crippen molar-refractivity contribution in [1.29, 1.82) is 0 Å². The summed E-state index contributed by atoms with van der Waals surface area (Å²) >= 11 is 4.00. The number of Topliss-reactive ketones (excluding diaryl/α,β-unsaturated/α-hetero) is 1. The zero-order chi connectivity index (χ0) is 12.9. The fraction of sp³-hybridized carbons (Fsp3) is 0.250. The van der Waals surface area contributed by atoms with Crippen LogP contribution in [0.5, 0.6) is 0 Å². The summed E-state index contributed by atoms with van der Waals surface area (Å²) in [5.41, 5.74) is 0.229. The van der Waals surface area contributed by atoms with E-state index < -0.39 is 12.0 Å². The lowest BCUT2D eigenvalue weighted by Crippen LogP contribution is -2.22. The van der Waals surface area contributed by atoms with Crippen molar-refractivity contribution in [3.05, 3.63) is 41.5 Å². The lowest BCUT2D eigenvalue weighted by atomic mass is 10.1. The van der Waals surface area contributed by atoms with Crippen LogP contribution >= 0.6 is 12.6 Å². The molecule has 0 saturated heterocycles. The second kappa shape index (κ2) is 5.91. The molecule has 1 rings (SSSR count). The molecule has 0 N–H and O–H groups in total. The molecule has 0 aliphatic heterocycles. The minimum atomic E-state index is -4.83. The van der Waals surface area contributed by atoms with E-state index in [4.69, 9.17) is 0 Å². The number of allylic oxidation sites excluding steroid dienone is 1. The normalized spacial score (nSPS) is 12.0. The second-order valence-corrected chi connectivity index (χ2v) is 3.81. The van der Waals surface area contributed by atoms with Gasteiger partial charge >= 0.3 is 6.18 Å². The monoisotopic (exact) mass is 260 g/mol. The standard InChI is InChI=1S/C12H11F3OS/c13-12(14,15)11(16)10-6-3-5-9(8-10)4-1-2-7-17/h1,3-6,8,17H,2,7H2. The minimum Gasteiger partial charge on any atom is -0.284 e. The van der Waals surface area contributed by atoms with Gasteiger partial charge in [-0.2, -0.15) is 25.8 Å². The molecule has 92 valence electrons. The number of benzene rings is 1. The summed E-state index contributed by atoms with van der Waals surface area (Å²) in [5.74, 6) is -1.15. The van der Waals surface area contributed by atoms with Crippen molar-refractivity contribution in [3.8, 4) is 0 Å². The largest absolute Gasteiger partial charge is 0.454 e. The van der Waals surface area contributed by atoms with Gasteiger partial charge in [0, 0.05) is 5.56 Å². The maximum Gasteiger partial charge on any atom is 0.454 e. The molecule has 0 bridgehead atoms. The molecule has 0 aromatic heterocycles. The highest BCUT2D eigenvalue weighted by Gasteiger charge is 2.39. The van der Waals surface area contributed by atoms with Crippen LogP contribution in [0.4, 0.5) is 13.2 Å². The third-order valence-electron chi connectivity index (χ3n) is 2.01. The second-order valence-electron chi connectivity index (χ2n) is 3.37. The predicted molar refractivity (Wildman–Crippen MR) is 64.3 cm³/mol. The number of alkyl halides is 3. The SMILES string of the molecule is O=C(c1cccc(C=CCCS)c1)C(F)(F)F. The smallest absolute Gasteiger partial charge is 0.284 e. The van der Waals surface area contributed by atoms with Gasteiger partial charge in [0.1, 0.15) is 0 Å². The molecule has 0 heterocycles. The Morgan fingerprint density at radius 1 is 1.35 bits per heavy atom. The molecule has 1 nitrogen and oxygen atoms in total. The maximum absolute atomic E-state index is 12.2. The Bertz CT molecular complexity index is 424. The zero-order valence-electron chi connectivity index (χ0n) is 8.87. The molecule has 0 radical (unpaired) electrons. The van der Waals surface area contributed by atoms with E-state index in [1.165, 1.54) is 12.1 Å². The Morgan fingerprint density at radius 2 is 2.06 bits per heavy atom. The summed E-state index contributed by atoms with van der Waals surface area (Å²) in [7, 11) is 0. The average molecular weight is 260 g/mol. The molecule has 0 amide bonds. The van der Waals surface area contributed by atoms with Crippen LogP contribution in [0.3, 0.4) is 0 Å². The number of ketones is 1. The van der Waals surface area contributed by atoms with Crippen LogP contribution in [0.25, 0.3) is 6.08 Å². The molecular formula is C12H11F3OS. The first kappa shape index (κ1) is 13.8. The minimum absolute atomic E-state index is 0.342. The van der Waals surface area contributed by atoms with Crippen molar-refractivity contribution >= 4 is 24.5 Å². The van der Waals surface area contributed by atoms with Crippen molar-refractivity contribution in [2.24, 2.45) is 0 Å². The van der Waals surface area contributed by atoms with Gasteiger partial charge in [-0.1, -0.05) is 30.4 Å². The summed E-state index contributed by atoms with van der Waals surface area (Å²) in [6.07, 6.45) is -0.637.